The molecule has 21 heavy (non-hydrogen) atoms. The van der Waals surface area contributed by atoms with Crippen molar-refractivity contribution in [1.29, 1.82) is 0 Å². The molecule has 2 aromatic heterocycles. The molecule has 0 amide bonds. The molecule has 0 atom stereocenters. The van der Waals surface area contributed by atoms with Crippen LogP contribution in [-0.2, 0) is 13.0 Å². The van der Waals surface area contributed by atoms with Crippen LogP contribution in [0.4, 0.5) is 0 Å². The van der Waals surface area contributed by atoms with Crippen LogP contribution in [0, 0.1) is 0 Å². The van der Waals surface area contributed by atoms with Crippen molar-refractivity contribution in [2.24, 2.45) is 0 Å². The van der Waals surface area contributed by atoms with Crippen LogP contribution >= 0.6 is 0 Å². The van der Waals surface area contributed by atoms with Gasteiger partial charge in [0.25, 0.3) is 0 Å². The Labute approximate surface area is 121 Å². The van der Waals surface area contributed by atoms with Gasteiger partial charge in [-0.05, 0) is 6.42 Å². The average Bonchev–Trinajstić information content (AvgIpc) is 2.88. The molecule has 0 bridgehead atoms. The third-order valence-electron chi connectivity index (χ3n) is 3.52. The summed E-state index contributed by atoms with van der Waals surface area (Å²) >= 11 is 0. The number of fused-ring (bicyclic) bond motifs is 1. The number of nitrogens with zero attached hydrogens (tertiary/aromatic N) is 2. The van der Waals surface area contributed by atoms with Crippen LogP contribution in [0.2, 0.25) is 0 Å². The van der Waals surface area contributed by atoms with E-state index in [-0.39, 0.29) is 12.0 Å². The van der Waals surface area contributed by atoms with Crippen molar-refractivity contribution in [3.63, 3.8) is 0 Å². The average molecular weight is 283 g/mol. The number of pyridine rings is 1. The Balaban J connectivity index is 2.33. The number of aromatic amines is 1. The molecule has 0 saturated heterocycles. The summed E-state index contributed by atoms with van der Waals surface area (Å²) in [7, 11) is 0. The van der Waals surface area contributed by atoms with Gasteiger partial charge in [0.2, 0.25) is 0 Å². The maximum Gasteiger partial charge on any atom is 0.193 e. The number of hydrogen-bond acceptors (Lipinski definition) is 3. The van der Waals surface area contributed by atoms with Crippen LogP contribution < -0.4 is 5.43 Å². The maximum absolute atomic E-state index is 12.4. The van der Waals surface area contributed by atoms with Gasteiger partial charge in [0.1, 0.15) is 11.3 Å². The quantitative estimate of drug-likeness (QED) is 0.768. The Morgan fingerprint density at radius 1 is 1.29 bits per heavy atom. The fourth-order valence-corrected chi connectivity index (χ4v) is 2.49. The normalized spacial score (nSPS) is 11.1. The largest absolute Gasteiger partial charge is 0.394 e. The SMILES string of the molecule is CCc1cc(=O)c2c(-c3ccccc3)nn(CCO)c2[nH]1. The van der Waals surface area contributed by atoms with Gasteiger partial charge in [0, 0.05) is 17.3 Å². The fourth-order valence-electron chi connectivity index (χ4n) is 2.49. The van der Waals surface area contributed by atoms with E-state index >= 15 is 0 Å². The van der Waals surface area contributed by atoms with Crippen molar-refractivity contribution >= 4 is 11.0 Å². The third-order valence-corrected chi connectivity index (χ3v) is 3.52. The smallest absolute Gasteiger partial charge is 0.193 e. The molecular formula is C16H17N3O2. The predicted octanol–water partition coefficient (Wildman–Crippen LogP) is 1.95. The van der Waals surface area contributed by atoms with Crippen molar-refractivity contribution in [1.82, 2.24) is 14.8 Å². The predicted molar refractivity (Wildman–Crippen MR) is 82.3 cm³/mol. The lowest BCUT2D eigenvalue weighted by Gasteiger charge is -2.02. The zero-order chi connectivity index (χ0) is 14.8. The summed E-state index contributed by atoms with van der Waals surface area (Å²) in [6, 6.07) is 11.2. The minimum Gasteiger partial charge on any atom is -0.394 e. The maximum atomic E-state index is 12.4. The van der Waals surface area contributed by atoms with Gasteiger partial charge >= 0.3 is 0 Å². The van der Waals surface area contributed by atoms with Crippen LogP contribution in [0.25, 0.3) is 22.3 Å². The highest BCUT2D eigenvalue weighted by atomic mass is 16.3. The zero-order valence-corrected chi connectivity index (χ0v) is 11.8. The Kier molecular flexibility index (Phi) is 3.58. The summed E-state index contributed by atoms with van der Waals surface area (Å²) in [4.78, 5) is 15.7. The van der Waals surface area contributed by atoms with Crippen LogP contribution in [0.3, 0.4) is 0 Å². The summed E-state index contributed by atoms with van der Waals surface area (Å²) in [6.45, 7) is 2.32. The fraction of sp³-hybridized carbons (Fsp3) is 0.250. The second-order valence-corrected chi connectivity index (χ2v) is 4.90. The Morgan fingerprint density at radius 2 is 2.05 bits per heavy atom. The van der Waals surface area contributed by atoms with Gasteiger partial charge in [-0.3, -0.25) is 4.79 Å². The first-order chi connectivity index (χ1) is 10.2. The van der Waals surface area contributed by atoms with Crippen molar-refractivity contribution in [3.05, 3.63) is 52.3 Å². The number of rotatable bonds is 4. The monoisotopic (exact) mass is 283 g/mol. The van der Waals surface area contributed by atoms with E-state index < -0.39 is 0 Å². The summed E-state index contributed by atoms with van der Waals surface area (Å²) in [5.41, 5.74) is 3.05. The highest BCUT2D eigenvalue weighted by molar-refractivity contribution is 5.91. The second-order valence-electron chi connectivity index (χ2n) is 4.90. The van der Waals surface area contributed by atoms with Crippen molar-refractivity contribution in [2.45, 2.75) is 19.9 Å². The van der Waals surface area contributed by atoms with Crippen LogP contribution in [-0.4, -0.2) is 26.5 Å². The van der Waals surface area contributed by atoms with E-state index in [4.69, 9.17) is 0 Å². The van der Waals surface area contributed by atoms with E-state index in [0.29, 0.717) is 23.3 Å². The highest BCUT2D eigenvalue weighted by Crippen LogP contribution is 2.24. The van der Waals surface area contributed by atoms with E-state index in [0.717, 1.165) is 17.7 Å². The molecule has 3 aromatic rings. The first-order valence-corrected chi connectivity index (χ1v) is 7.03. The van der Waals surface area contributed by atoms with E-state index in [1.54, 1.807) is 10.7 Å². The molecule has 0 unspecified atom stereocenters. The van der Waals surface area contributed by atoms with Crippen molar-refractivity contribution < 1.29 is 5.11 Å². The van der Waals surface area contributed by atoms with E-state index in [1.807, 2.05) is 37.3 Å². The number of H-pyrrole nitrogens is 1. The minimum absolute atomic E-state index is 0.0244. The summed E-state index contributed by atoms with van der Waals surface area (Å²) < 4.78 is 1.66. The molecule has 0 fully saturated rings. The summed E-state index contributed by atoms with van der Waals surface area (Å²) in [6.07, 6.45) is 0.746. The lowest BCUT2D eigenvalue weighted by Crippen LogP contribution is -2.08. The van der Waals surface area contributed by atoms with Gasteiger partial charge in [-0.2, -0.15) is 5.10 Å². The molecule has 5 nitrogen and oxygen atoms in total. The van der Waals surface area contributed by atoms with Crippen LogP contribution in [0.1, 0.15) is 12.6 Å². The Hall–Kier alpha value is -2.40. The Bertz CT molecular complexity index is 819. The number of benzene rings is 1. The van der Waals surface area contributed by atoms with Crippen LogP contribution in [0.15, 0.2) is 41.2 Å². The molecule has 5 heteroatoms. The molecule has 0 spiro atoms. The van der Waals surface area contributed by atoms with Gasteiger partial charge in [-0.15, -0.1) is 0 Å². The molecule has 1 aromatic carbocycles. The van der Waals surface area contributed by atoms with E-state index in [2.05, 4.69) is 10.1 Å². The molecule has 108 valence electrons. The number of nitrogens with one attached hydrogen (secondary N) is 1. The standard InChI is InChI=1S/C16H17N3O2/c1-2-12-10-13(21)14-15(11-6-4-3-5-7-11)18-19(8-9-20)16(14)17-12/h3-7,10,20H,2,8-9H2,1H3,(H,17,21). The van der Waals surface area contributed by atoms with E-state index in [1.165, 1.54) is 0 Å². The first kappa shape index (κ1) is 13.6. The van der Waals surface area contributed by atoms with Crippen LogP contribution in [0.5, 0.6) is 0 Å². The number of aromatic nitrogens is 3. The van der Waals surface area contributed by atoms with Gasteiger partial charge in [0.05, 0.1) is 18.5 Å². The molecular weight excluding hydrogens is 266 g/mol. The number of aliphatic hydroxyl groups is 1. The minimum atomic E-state index is -0.0383. The summed E-state index contributed by atoms with van der Waals surface area (Å²) in [5.74, 6) is 0. The molecule has 0 aliphatic rings. The molecule has 0 aliphatic heterocycles. The second kappa shape index (κ2) is 5.54. The molecule has 2 N–H and O–H groups in total. The number of hydrogen-bond donors (Lipinski definition) is 2. The van der Waals surface area contributed by atoms with Gasteiger partial charge in [-0.1, -0.05) is 37.3 Å². The highest BCUT2D eigenvalue weighted by Gasteiger charge is 2.16. The lowest BCUT2D eigenvalue weighted by molar-refractivity contribution is 0.271. The molecule has 0 radical (unpaired) electrons. The molecule has 2 heterocycles. The lowest BCUT2D eigenvalue weighted by atomic mass is 10.1. The molecule has 0 aliphatic carbocycles. The third kappa shape index (κ3) is 2.36. The Morgan fingerprint density at radius 3 is 2.71 bits per heavy atom. The zero-order valence-electron chi connectivity index (χ0n) is 11.8. The van der Waals surface area contributed by atoms with Crippen molar-refractivity contribution in [2.75, 3.05) is 6.61 Å². The van der Waals surface area contributed by atoms with Crippen molar-refractivity contribution in [3.8, 4) is 11.3 Å². The molecule has 0 saturated carbocycles. The van der Waals surface area contributed by atoms with Gasteiger partial charge in [0.15, 0.2) is 5.43 Å². The number of aliphatic hydroxyl groups excluding tert-OH is 1. The van der Waals surface area contributed by atoms with E-state index in [9.17, 15) is 9.90 Å². The topological polar surface area (TPSA) is 70.9 Å². The van der Waals surface area contributed by atoms with Gasteiger partial charge in [-0.25, -0.2) is 4.68 Å². The molecule has 3 rings (SSSR count). The number of aryl methyl sites for hydroxylation is 1. The van der Waals surface area contributed by atoms with Gasteiger partial charge < -0.3 is 10.1 Å². The first-order valence-electron chi connectivity index (χ1n) is 7.03. The summed E-state index contributed by atoms with van der Waals surface area (Å²) in [5, 5.41) is 14.3.